The Morgan fingerprint density at radius 3 is 2.25 bits per heavy atom. The largest absolute Gasteiger partial charge is 0.0985 e. The Kier molecular flexibility index (Phi) is 2.87. The molecule has 0 aliphatic rings. The van der Waals surface area contributed by atoms with Gasteiger partial charge in [-0.15, -0.1) is 0 Å². The molecule has 12 heavy (non-hydrogen) atoms. The second-order valence-corrected chi connectivity index (χ2v) is 2.81. The molecule has 0 atom stereocenters. The number of hydrogen-bond acceptors (Lipinski definition) is 0. The lowest BCUT2D eigenvalue weighted by atomic mass is 10.0. The van der Waals surface area contributed by atoms with Crippen LogP contribution in [0.1, 0.15) is 18.1 Å². The maximum absolute atomic E-state index is 3.76. The highest BCUT2D eigenvalue weighted by atomic mass is 14.0. The first kappa shape index (κ1) is 8.79. The zero-order valence-corrected chi connectivity index (χ0v) is 7.67. The predicted molar refractivity (Wildman–Crippen MR) is 55.0 cm³/mol. The summed E-state index contributed by atoms with van der Waals surface area (Å²) in [6.45, 7) is 7.88. The van der Waals surface area contributed by atoms with Gasteiger partial charge in [0.1, 0.15) is 0 Å². The van der Waals surface area contributed by atoms with Crippen LogP contribution in [-0.2, 0) is 0 Å². The summed E-state index contributed by atoms with van der Waals surface area (Å²) in [5.74, 6) is 0. The molecule has 0 amide bonds. The van der Waals surface area contributed by atoms with Crippen LogP contribution in [0.15, 0.2) is 43.0 Å². The van der Waals surface area contributed by atoms with E-state index in [0.717, 1.165) is 0 Å². The summed E-state index contributed by atoms with van der Waals surface area (Å²) in [4.78, 5) is 0. The standard InChI is InChI=1S/C12H14/c1-4-11(5-2)12-8-6-10(3)7-9-12/h4-9H,1H2,2-3H3. The van der Waals surface area contributed by atoms with Crippen LogP contribution < -0.4 is 0 Å². The molecule has 0 aromatic heterocycles. The van der Waals surface area contributed by atoms with Gasteiger partial charge in [-0.1, -0.05) is 48.6 Å². The highest BCUT2D eigenvalue weighted by molar-refractivity contribution is 5.73. The Balaban J connectivity index is 3.04. The minimum absolute atomic E-state index is 1.19. The first-order valence-corrected chi connectivity index (χ1v) is 4.13. The van der Waals surface area contributed by atoms with Crippen LogP contribution in [-0.4, -0.2) is 0 Å². The van der Waals surface area contributed by atoms with Gasteiger partial charge in [-0.25, -0.2) is 0 Å². The zero-order valence-electron chi connectivity index (χ0n) is 7.67. The average Bonchev–Trinajstić information content (AvgIpc) is 2.10. The summed E-state index contributed by atoms with van der Waals surface area (Å²) in [7, 11) is 0. The lowest BCUT2D eigenvalue weighted by Crippen LogP contribution is -1.79. The summed E-state index contributed by atoms with van der Waals surface area (Å²) in [6, 6.07) is 8.46. The summed E-state index contributed by atoms with van der Waals surface area (Å²) in [5.41, 5.74) is 3.71. The normalized spacial score (nSPS) is 11.3. The molecule has 0 heterocycles. The molecule has 0 aliphatic heterocycles. The van der Waals surface area contributed by atoms with E-state index in [1.807, 2.05) is 13.0 Å². The van der Waals surface area contributed by atoms with Gasteiger partial charge in [-0.05, 0) is 25.0 Å². The van der Waals surface area contributed by atoms with Crippen molar-refractivity contribution >= 4 is 5.57 Å². The van der Waals surface area contributed by atoms with E-state index >= 15 is 0 Å². The molecule has 0 heteroatoms. The van der Waals surface area contributed by atoms with Crippen molar-refractivity contribution in [2.24, 2.45) is 0 Å². The van der Waals surface area contributed by atoms with Gasteiger partial charge in [-0.3, -0.25) is 0 Å². The molecule has 0 aliphatic carbocycles. The fourth-order valence-electron chi connectivity index (χ4n) is 1.15. The minimum atomic E-state index is 1.19. The maximum Gasteiger partial charge on any atom is -0.0187 e. The molecule has 1 aromatic carbocycles. The van der Waals surface area contributed by atoms with Gasteiger partial charge in [0.25, 0.3) is 0 Å². The van der Waals surface area contributed by atoms with Crippen LogP contribution >= 0.6 is 0 Å². The molecule has 0 saturated carbocycles. The summed E-state index contributed by atoms with van der Waals surface area (Å²) in [5, 5.41) is 0. The highest BCUT2D eigenvalue weighted by Crippen LogP contribution is 2.15. The van der Waals surface area contributed by atoms with Crippen molar-refractivity contribution < 1.29 is 0 Å². The predicted octanol–water partition coefficient (Wildman–Crippen LogP) is 3.58. The average molecular weight is 158 g/mol. The van der Waals surface area contributed by atoms with Gasteiger partial charge in [0, 0.05) is 0 Å². The van der Waals surface area contributed by atoms with Crippen molar-refractivity contribution in [3.05, 3.63) is 54.1 Å². The van der Waals surface area contributed by atoms with E-state index in [9.17, 15) is 0 Å². The Labute approximate surface area is 74.2 Å². The second-order valence-electron chi connectivity index (χ2n) is 2.81. The number of benzene rings is 1. The van der Waals surface area contributed by atoms with E-state index in [4.69, 9.17) is 0 Å². The Hall–Kier alpha value is -1.30. The van der Waals surface area contributed by atoms with Crippen LogP contribution in [0.25, 0.3) is 5.57 Å². The fraction of sp³-hybridized carbons (Fsp3) is 0.167. The molecular formula is C12H14. The number of aryl methyl sites for hydroxylation is 1. The molecule has 0 N–H and O–H groups in total. The lowest BCUT2D eigenvalue weighted by Gasteiger charge is -2.01. The monoisotopic (exact) mass is 158 g/mol. The van der Waals surface area contributed by atoms with E-state index in [0.29, 0.717) is 0 Å². The number of rotatable bonds is 2. The van der Waals surface area contributed by atoms with E-state index in [2.05, 4.69) is 43.8 Å². The third kappa shape index (κ3) is 1.85. The van der Waals surface area contributed by atoms with Crippen molar-refractivity contribution in [1.29, 1.82) is 0 Å². The number of hydrogen-bond donors (Lipinski definition) is 0. The summed E-state index contributed by atoms with van der Waals surface area (Å²) >= 11 is 0. The zero-order chi connectivity index (χ0) is 8.97. The second kappa shape index (κ2) is 3.91. The van der Waals surface area contributed by atoms with Crippen LogP contribution in [0.2, 0.25) is 0 Å². The van der Waals surface area contributed by atoms with Crippen molar-refractivity contribution in [2.45, 2.75) is 13.8 Å². The highest BCUT2D eigenvalue weighted by Gasteiger charge is 1.93. The molecule has 0 bridgehead atoms. The van der Waals surface area contributed by atoms with Crippen LogP contribution in [0, 0.1) is 6.92 Å². The lowest BCUT2D eigenvalue weighted by molar-refractivity contribution is 1.45. The quantitative estimate of drug-likeness (QED) is 0.577. The summed E-state index contributed by atoms with van der Waals surface area (Å²) < 4.78 is 0. The molecule has 0 spiro atoms. The molecule has 0 saturated heterocycles. The summed E-state index contributed by atoms with van der Waals surface area (Å²) in [6.07, 6.45) is 3.95. The van der Waals surface area contributed by atoms with Gasteiger partial charge in [-0.2, -0.15) is 0 Å². The minimum Gasteiger partial charge on any atom is -0.0985 e. The first-order valence-electron chi connectivity index (χ1n) is 4.13. The van der Waals surface area contributed by atoms with Crippen LogP contribution in [0.5, 0.6) is 0 Å². The molecule has 1 aromatic rings. The SMILES string of the molecule is C=CC(=CC)c1ccc(C)cc1. The van der Waals surface area contributed by atoms with Crippen molar-refractivity contribution in [1.82, 2.24) is 0 Å². The molecule has 0 unspecified atom stereocenters. The van der Waals surface area contributed by atoms with Gasteiger partial charge < -0.3 is 0 Å². The van der Waals surface area contributed by atoms with E-state index in [1.165, 1.54) is 16.7 Å². The van der Waals surface area contributed by atoms with E-state index in [1.54, 1.807) is 0 Å². The Bertz CT molecular complexity index is 288. The maximum atomic E-state index is 3.76. The third-order valence-corrected chi connectivity index (χ3v) is 1.92. The van der Waals surface area contributed by atoms with Gasteiger partial charge >= 0.3 is 0 Å². The fourth-order valence-corrected chi connectivity index (χ4v) is 1.15. The van der Waals surface area contributed by atoms with E-state index < -0.39 is 0 Å². The van der Waals surface area contributed by atoms with Crippen molar-refractivity contribution in [3.8, 4) is 0 Å². The van der Waals surface area contributed by atoms with Gasteiger partial charge in [0.05, 0.1) is 0 Å². The van der Waals surface area contributed by atoms with Crippen LogP contribution in [0.4, 0.5) is 0 Å². The molecule has 0 radical (unpaired) electrons. The molecule has 0 fully saturated rings. The van der Waals surface area contributed by atoms with Gasteiger partial charge in [0.2, 0.25) is 0 Å². The topological polar surface area (TPSA) is 0 Å². The molecule has 0 nitrogen and oxygen atoms in total. The molecule has 62 valence electrons. The van der Waals surface area contributed by atoms with Gasteiger partial charge in [0.15, 0.2) is 0 Å². The third-order valence-electron chi connectivity index (χ3n) is 1.92. The van der Waals surface area contributed by atoms with E-state index in [-0.39, 0.29) is 0 Å². The first-order chi connectivity index (χ1) is 5.77. The van der Waals surface area contributed by atoms with Crippen molar-refractivity contribution in [2.75, 3.05) is 0 Å². The Morgan fingerprint density at radius 1 is 1.25 bits per heavy atom. The van der Waals surface area contributed by atoms with Crippen molar-refractivity contribution in [3.63, 3.8) is 0 Å². The smallest absolute Gasteiger partial charge is 0.0187 e. The molecular weight excluding hydrogens is 144 g/mol. The number of allylic oxidation sites excluding steroid dienone is 3. The molecule has 1 rings (SSSR count). The Morgan fingerprint density at radius 2 is 1.83 bits per heavy atom. The van der Waals surface area contributed by atoms with Crippen LogP contribution in [0.3, 0.4) is 0 Å².